The van der Waals surface area contributed by atoms with Gasteiger partial charge in [-0.15, -0.1) is 5.10 Å². The number of aryl methyl sites for hydroxylation is 2. The van der Waals surface area contributed by atoms with Crippen LogP contribution in [0.4, 0.5) is 0 Å². The quantitative estimate of drug-likeness (QED) is 0.388. The van der Waals surface area contributed by atoms with Gasteiger partial charge in [0.05, 0.1) is 19.7 Å². The fraction of sp³-hybridized carbons (Fsp3) is 0.241. The average molecular weight is 464 g/mol. The van der Waals surface area contributed by atoms with Crippen LogP contribution in [0, 0.1) is 0 Å². The Labute approximate surface area is 203 Å². The Bertz CT molecular complexity index is 1480. The van der Waals surface area contributed by atoms with Crippen LogP contribution in [0.15, 0.2) is 71.8 Å². The molecule has 0 spiro atoms. The van der Waals surface area contributed by atoms with Gasteiger partial charge in [-0.1, -0.05) is 17.3 Å². The van der Waals surface area contributed by atoms with Crippen LogP contribution >= 0.6 is 0 Å². The van der Waals surface area contributed by atoms with Gasteiger partial charge in [0.1, 0.15) is 34.6 Å². The molecule has 0 radical (unpaired) electrons. The van der Waals surface area contributed by atoms with Crippen molar-refractivity contribution in [3.63, 3.8) is 0 Å². The van der Waals surface area contributed by atoms with Gasteiger partial charge in [-0.05, 0) is 85.3 Å². The molecule has 35 heavy (non-hydrogen) atoms. The molecular weight excluding hydrogens is 438 g/mol. The fourth-order valence-electron chi connectivity index (χ4n) is 5.81. The number of rotatable bonds is 3. The number of hydrogen-bond donors (Lipinski definition) is 0. The number of benzene rings is 3. The molecule has 0 saturated carbocycles. The number of ether oxygens (including phenoxy) is 3. The summed E-state index contributed by atoms with van der Waals surface area (Å²) in [7, 11) is 3.42. The molecule has 174 valence electrons. The third-order valence-electron chi connectivity index (χ3n) is 7.51. The van der Waals surface area contributed by atoms with Crippen LogP contribution in [-0.4, -0.2) is 29.2 Å². The maximum Gasteiger partial charge on any atom is 0.136 e. The molecule has 4 aromatic rings. The summed E-state index contributed by atoms with van der Waals surface area (Å²) in [6.45, 7) is 0. The lowest BCUT2D eigenvalue weighted by Crippen LogP contribution is -2.27. The molecule has 1 aliphatic heterocycles. The summed E-state index contributed by atoms with van der Waals surface area (Å²) < 4.78 is 20.0. The van der Waals surface area contributed by atoms with E-state index < -0.39 is 0 Å². The number of aromatic nitrogens is 3. The third kappa shape index (κ3) is 3.02. The molecule has 7 rings (SSSR count). The second kappa shape index (κ2) is 7.73. The molecule has 0 atom stereocenters. The Morgan fingerprint density at radius 3 is 1.97 bits per heavy atom. The molecule has 3 aliphatic rings. The minimum Gasteiger partial charge on any atom is -0.497 e. The van der Waals surface area contributed by atoms with Gasteiger partial charge in [-0.3, -0.25) is 0 Å². The Balaban J connectivity index is 1.46. The van der Waals surface area contributed by atoms with E-state index in [0.717, 1.165) is 70.9 Å². The Morgan fingerprint density at radius 1 is 0.771 bits per heavy atom. The fourth-order valence-corrected chi connectivity index (χ4v) is 5.81. The van der Waals surface area contributed by atoms with E-state index in [1.165, 1.54) is 22.3 Å². The molecule has 6 heteroatoms. The van der Waals surface area contributed by atoms with Crippen molar-refractivity contribution in [2.45, 2.75) is 31.7 Å². The van der Waals surface area contributed by atoms with E-state index in [1.54, 1.807) is 14.2 Å². The van der Waals surface area contributed by atoms with Gasteiger partial charge in [-0.25, -0.2) is 4.68 Å². The molecule has 0 bridgehead atoms. The summed E-state index contributed by atoms with van der Waals surface area (Å²) in [5.74, 6) is 3.64. The van der Waals surface area contributed by atoms with Crippen LogP contribution in [0.25, 0.3) is 22.6 Å². The van der Waals surface area contributed by atoms with Gasteiger partial charge in [0.25, 0.3) is 0 Å². The molecule has 2 aliphatic carbocycles. The molecule has 0 N–H and O–H groups in total. The molecule has 0 fully saturated rings. The molecule has 3 aromatic carbocycles. The highest BCUT2D eigenvalue weighted by molar-refractivity contribution is 5.83. The average Bonchev–Trinajstić information content (AvgIpc) is 3.34. The largest absolute Gasteiger partial charge is 0.497 e. The minimum absolute atomic E-state index is 0.0216. The van der Waals surface area contributed by atoms with Crippen LogP contribution in [0.2, 0.25) is 0 Å². The number of methoxy groups -OCH3 is 2. The topological polar surface area (TPSA) is 58.4 Å². The van der Waals surface area contributed by atoms with Crippen LogP contribution in [0.5, 0.6) is 11.5 Å². The molecule has 1 aromatic heterocycles. The van der Waals surface area contributed by atoms with Crippen molar-refractivity contribution in [1.29, 1.82) is 0 Å². The lowest BCUT2D eigenvalue weighted by Gasteiger charge is -2.38. The number of nitrogens with zero attached hydrogens (tertiary/aromatic N) is 3. The van der Waals surface area contributed by atoms with Gasteiger partial charge in [0.15, 0.2) is 0 Å². The van der Waals surface area contributed by atoms with Crippen LogP contribution in [0.1, 0.15) is 41.1 Å². The summed E-state index contributed by atoms with van der Waals surface area (Å²) in [4.78, 5) is 0. The highest BCUT2D eigenvalue weighted by Crippen LogP contribution is 2.52. The Kier molecular flexibility index (Phi) is 4.49. The van der Waals surface area contributed by atoms with E-state index in [-0.39, 0.29) is 6.04 Å². The summed E-state index contributed by atoms with van der Waals surface area (Å²) in [5.41, 5.74) is 9.26. The van der Waals surface area contributed by atoms with Crippen molar-refractivity contribution in [3.8, 4) is 11.5 Å². The second-order valence-electron chi connectivity index (χ2n) is 9.28. The van der Waals surface area contributed by atoms with Crippen LogP contribution in [0.3, 0.4) is 0 Å². The highest BCUT2D eigenvalue weighted by Gasteiger charge is 2.39. The molecular formula is C29H25N3O3. The van der Waals surface area contributed by atoms with Crippen molar-refractivity contribution in [2.75, 3.05) is 14.2 Å². The maximum absolute atomic E-state index is 6.85. The zero-order valence-corrected chi connectivity index (χ0v) is 19.7. The predicted octanol–water partition coefficient (Wildman–Crippen LogP) is 5.73. The molecule has 0 unspecified atom stereocenters. The Hall–Kier alpha value is -4.06. The molecule has 0 amide bonds. The van der Waals surface area contributed by atoms with E-state index in [2.05, 4.69) is 51.4 Å². The normalized spacial score (nSPS) is 16.9. The van der Waals surface area contributed by atoms with Crippen molar-refractivity contribution < 1.29 is 14.2 Å². The van der Waals surface area contributed by atoms with Crippen molar-refractivity contribution in [3.05, 3.63) is 94.1 Å². The summed E-state index contributed by atoms with van der Waals surface area (Å²) in [6, 6.07) is 20.7. The number of para-hydroxylation sites is 1. The van der Waals surface area contributed by atoms with Gasteiger partial charge in [-0.2, -0.15) is 0 Å². The smallest absolute Gasteiger partial charge is 0.136 e. The standard InChI is InChI=1S/C29H25N3O3/c1-33-19-9-13-21-17(15-19)7-11-23-27(32-26-6-4-3-5-25(26)30-31-32)24-12-8-18-16-20(34-2)10-14-22(18)29(24)35-28(21)23/h3-6,9-10,13-16,27H,7-8,11-12H2,1-2H3. The van der Waals surface area contributed by atoms with Crippen molar-refractivity contribution in [1.82, 2.24) is 15.0 Å². The van der Waals surface area contributed by atoms with Crippen molar-refractivity contribution >= 4 is 22.6 Å². The van der Waals surface area contributed by atoms with Gasteiger partial charge in [0, 0.05) is 22.3 Å². The van der Waals surface area contributed by atoms with E-state index in [9.17, 15) is 0 Å². The lowest BCUT2D eigenvalue weighted by molar-refractivity contribution is 0.396. The van der Waals surface area contributed by atoms with Crippen LogP contribution in [-0.2, 0) is 17.6 Å². The first-order chi connectivity index (χ1) is 17.2. The first-order valence-corrected chi connectivity index (χ1v) is 12.0. The lowest BCUT2D eigenvalue weighted by atomic mass is 9.78. The first kappa shape index (κ1) is 20.3. The molecule has 6 nitrogen and oxygen atoms in total. The third-order valence-corrected chi connectivity index (χ3v) is 7.51. The number of allylic oxidation sites excluding steroid dienone is 2. The van der Waals surface area contributed by atoms with E-state index in [0.29, 0.717) is 0 Å². The highest BCUT2D eigenvalue weighted by atomic mass is 16.5. The van der Waals surface area contributed by atoms with E-state index in [1.807, 2.05) is 24.3 Å². The summed E-state index contributed by atoms with van der Waals surface area (Å²) >= 11 is 0. The zero-order valence-electron chi connectivity index (χ0n) is 19.7. The first-order valence-electron chi connectivity index (χ1n) is 12.0. The second-order valence-corrected chi connectivity index (χ2v) is 9.28. The molecule has 2 heterocycles. The van der Waals surface area contributed by atoms with E-state index >= 15 is 0 Å². The molecule has 0 saturated heterocycles. The minimum atomic E-state index is -0.0216. The Morgan fingerprint density at radius 2 is 1.37 bits per heavy atom. The number of hydrogen-bond acceptors (Lipinski definition) is 5. The monoisotopic (exact) mass is 463 g/mol. The maximum atomic E-state index is 6.85. The van der Waals surface area contributed by atoms with Gasteiger partial charge >= 0.3 is 0 Å². The van der Waals surface area contributed by atoms with E-state index in [4.69, 9.17) is 14.2 Å². The summed E-state index contributed by atoms with van der Waals surface area (Å²) in [5, 5.41) is 9.17. The SMILES string of the molecule is COc1ccc2c(c1)CCC1=C2OC2=C(CCc3cc(OC)ccc32)C1n1nnc2ccccc21. The summed E-state index contributed by atoms with van der Waals surface area (Å²) in [6.07, 6.45) is 3.68. The van der Waals surface area contributed by atoms with Gasteiger partial charge in [0.2, 0.25) is 0 Å². The van der Waals surface area contributed by atoms with Crippen molar-refractivity contribution in [2.24, 2.45) is 0 Å². The predicted molar refractivity (Wildman–Crippen MR) is 134 cm³/mol. The zero-order chi connectivity index (χ0) is 23.5. The van der Waals surface area contributed by atoms with Crippen LogP contribution < -0.4 is 9.47 Å². The number of fused-ring (bicyclic) bond motifs is 5. The van der Waals surface area contributed by atoms with Gasteiger partial charge < -0.3 is 14.2 Å².